The lowest BCUT2D eigenvalue weighted by Crippen LogP contribution is -2.17. The third-order valence-corrected chi connectivity index (χ3v) is 2.73. The monoisotopic (exact) mass is 259 g/mol. The fourth-order valence-electron chi connectivity index (χ4n) is 1.88. The molecule has 0 saturated carbocycles. The van der Waals surface area contributed by atoms with Gasteiger partial charge >= 0.3 is 0 Å². The zero-order valence-electron chi connectivity index (χ0n) is 11.5. The molecule has 0 fully saturated rings. The average Bonchev–Trinajstić information content (AvgIpc) is 2.87. The highest BCUT2D eigenvalue weighted by Gasteiger charge is 1.99. The molecule has 2 aromatic rings. The highest BCUT2D eigenvalue weighted by atomic mass is 16.5. The van der Waals surface area contributed by atoms with Crippen molar-refractivity contribution in [1.29, 1.82) is 0 Å². The summed E-state index contributed by atoms with van der Waals surface area (Å²) in [4.78, 5) is 7.09. The highest BCUT2D eigenvalue weighted by Crippen LogP contribution is 2.14. The number of rotatable bonds is 7. The van der Waals surface area contributed by atoms with Gasteiger partial charge in [0, 0.05) is 31.4 Å². The molecule has 4 nitrogen and oxygen atoms in total. The molecular weight excluding hydrogens is 238 g/mol. The molecule has 0 atom stereocenters. The summed E-state index contributed by atoms with van der Waals surface area (Å²) in [6.45, 7) is 5.85. The molecule has 19 heavy (non-hydrogen) atoms. The Morgan fingerprint density at radius 1 is 1.37 bits per heavy atom. The largest absolute Gasteiger partial charge is 0.491 e. The molecule has 0 saturated heterocycles. The van der Waals surface area contributed by atoms with Gasteiger partial charge in [-0.2, -0.15) is 0 Å². The number of hydrogen-bond donors (Lipinski definition) is 2. The predicted octanol–water partition coefficient (Wildman–Crippen LogP) is 2.53. The van der Waals surface area contributed by atoms with Gasteiger partial charge in [-0.3, -0.25) is 0 Å². The predicted molar refractivity (Wildman–Crippen MR) is 76.2 cm³/mol. The molecule has 1 heterocycles. The molecule has 0 amide bonds. The average molecular weight is 259 g/mol. The van der Waals surface area contributed by atoms with Gasteiger partial charge in [0.05, 0.1) is 12.4 Å². The normalized spacial score (nSPS) is 10.9. The molecule has 0 spiro atoms. The van der Waals surface area contributed by atoms with Crippen molar-refractivity contribution in [1.82, 2.24) is 15.3 Å². The van der Waals surface area contributed by atoms with E-state index in [0.717, 1.165) is 31.0 Å². The molecule has 2 rings (SSSR count). The molecule has 0 radical (unpaired) electrons. The number of nitrogens with one attached hydrogen (secondary N) is 2. The number of imidazole rings is 1. The fourth-order valence-corrected chi connectivity index (χ4v) is 1.88. The van der Waals surface area contributed by atoms with Gasteiger partial charge in [0.15, 0.2) is 0 Å². The molecule has 4 heteroatoms. The Kier molecular flexibility index (Phi) is 4.98. The summed E-state index contributed by atoms with van der Waals surface area (Å²) < 4.78 is 5.68. The number of benzene rings is 1. The lowest BCUT2D eigenvalue weighted by Gasteiger charge is -2.11. The minimum Gasteiger partial charge on any atom is -0.491 e. The zero-order chi connectivity index (χ0) is 13.5. The molecule has 2 N–H and O–H groups in total. The molecule has 0 aliphatic carbocycles. The number of aromatic nitrogens is 2. The van der Waals surface area contributed by atoms with Gasteiger partial charge in [-0.15, -0.1) is 0 Å². The number of hydrogen-bond acceptors (Lipinski definition) is 3. The molecule has 0 aliphatic rings. The number of ether oxygens (including phenoxy) is 1. The standard InChI is InChI=1S/C15H21N3O/c1-12(2)19-15-5-3-4-13(8-15)9-16-7-6-14-10-17-11-18-14/h3-5,8,10-12,16H,6-7,9H2,1-2H3,(H,17,18). The quantitative estimate of drug-likeness (QED) is 0.751. The maximum atomic E-state index is 5.68. The summed E-state index contributed by atoms with van der Waals surface area (Å²) in [6, 6.07) is 8.22. The van der Waals surface area contributed by atoms with E-state index in [1.54, 1.807) is 6.33 Å². The SMILES string of the molecule is CC(C)Oc1cccc(CNCCc2cnc[nH]2)c1. The molecule has 102 valence electrons. The lowest BCUT2D eigenvalue weighted by atomic mass is 10.2. The maximum Gasteiger partial charge on any atom is 0.120 e. The molecule has 1 aromatic heterocycles. The summed E-state index contributed by atoms with van der Waals surface area (Å²) in [6.07, 6.45) is 4.74. The van der Waals surface area contributed by atoms with Gasteiger partial charge in [0.25, 0.3) is 0 Å². The Hall–Kier alpha value is -1.81. The molecular formula is C15H21N3O. The Morgan fingerprint density at radius 2 is 2.26 bits per heavy atom. The van der Waals surface area contributed by atoms with E-state index >= 15 is 0 Å². The first-order chi connectivity index (χ1) is 9.24. The summed E-state index contributed by atoms with van der Waals surface area (Å²) >= 11 is 0. The third-order valence-electron chi connectivity index (χ3n) is 2.73. The topological polar surface area (TPSA) is 49.9 Å². The molecule has 0 unspecified atom stereocenters. The van der Waals surface area contributed by atoms with Crippen LogP contribution in [0.1, 0.15) is 25.1 Å². The lowest BCUT2D eigenvalue weighted by molar-refractivity contribution is 0.242. The van der Waals surface area contributed by atoms with E-state index in [1.807, 2.05) is 32.2 Å². The smallest absolute Gasteiger partial charge is 0.120 e. The minimum absolute atomic E-state index is 0.212. The number of H-pyrrole nitrogens is 1. The Labute approximate surface area is 114 Å². The maximum absolute atomic E-state index is 5.68. The van der Waals surface area contributed by atoms with Crippen molar-refractivity contribution < 1.29 is 4.74 Å². The second-order valence-corrected chi connectivity index (χ2v) is 4.82. The van der Waals surface area contributed by atoms with Crippen LogP contribution in [-0.2, 0) is 13.0 Å². The summed E-state index contributed by atoms with van der Waals surface area (Å²) in [7, 11) is 0. The van der Waals surface area contributed by atoms with Gasteiger partial charge in [0.1, 0.15) is 5.75 Å². The third kappa shape index (κ3) is 4.75. The van der Waals surface area contributed by atoms with E-state index in [1.165, 1.54) is 5.56 Å². The number of aromatic amines is 1. The van der Waals surface area contributed by atoms with Crippen molar-refractivity contribution in [2.24, 2.45) is 0 Å². The summed E-state index contributed by atoms with van der Waals surface area (Å²) in [5.74, 6) is 0.933. The van der Waals surface area contributed by atoms with Crippen LogP contribution in [0.5, 0.6) is 5.75 Å². The highest BCUT2D eigenvalue weighted by molar-refractivity contribution is 5.28. The van der Waals surface area contributed by atoms with E-state index in [-0.39, 0.29) is 6.10 Å². The van der Waals surface area contributed by atoms with Crippen LogP contribution in [0.25, 0.3) is 0 Å². The second kappa shape index (κ2) is 6.95. The van der Waals surface area contributed by atoms with Crippen molar-refractivity contribution >= 4 is 0 Å². The van der Waals surface area contributed by atoms with Crippen LogP contribution in [0.4, 0.5) is 0 Å². The van der Waals surface area contributed by atoms with Crippen LogP contribution in [0.3, 0.4) is 0 Å². The van der Waals surface area contributed by atoms with Crippen LogP contribution >= 0.6 is 0 Å². The Balaban J connectivity index is 1.76. The van der Waals surface area contributed by atoms with E-state index in [4.69, 9.17) is 4.74 Å². The first-order valence-corrected chi connectivity index (χ1v) is 6.67. The Bertz CT molecular complexity index is 480. The van der Waals surface area contributed by atoms with Crippen LogP contribution in [0.15, 0.2) is 36.8 Å². The fraction of sp³-hybridized carbons (Fsp3) is 0.400. The summed E-state index contributed by atoms with van der Waals surface area (Å²) in [5.41, 5.74) is 2.40. The molecule has 0 aliphatic heterocycles. The van der Waals surface area contributed by atoms with Crippen molar-refractivity contribution in [3.8, 4) is 5.75 Å². The van der Waals surface area contributed by atoms with Gasteiger partial charge in [0.2, 0.25) is 0 Å². The van der Waals surface area contributed by atoms with Crippen LogP contribution in [-0.4, -0.2) is 22.6 Å². The number of nitrogens with zero attached hydrogens (tertiary/aromatic N) is 1. The Morgan fingerprint density at radius 3 is 3.00 bits per heavy atom. The van der Waals surface area contributed by atoms with Gasteiger partial charge in [-0.25, -0.2) is 4.98 Å². The van der Waals surface area contributed by atoms with E-state index in [9.17, 15) is 0 Å². The summed E-state index contributed by atoms with van der Waals surface area (Å²) in [5, 5.41) is 3.42. The second-order valence-electron chi connectivity index (χ2n) is 4.82. The van der Waals surface area contributed by atoms with E-state index in [2.05, 4.69) is 27.4 Å². The zero-order valence-corrected chi connectivity index (χ0v) is 11.5. The van der Waals surface area contributed by atoms with Crippen molar-refractivity contribution in [3.05, 3.63) is 48.0 Å². The minimum atomic E-state index is 0.212. The van der Waals surface area contributed by atoms with Crippen molar-refractivity contribution in [2.45, 2.75) is 32.9 Å². The van der Waals surface area contributed by atoms with Crippen LogP contribution in [0.2, 0.25) is 0 Å². The van der Waals surface area contributed by atoms with Gasteiger partial charge in [-0.05, 0) is 31.5 Å². The van der Waals surface area contributed by atoms with E-state index in [0.29, 0.717) is 0 Å². The van der Waals surface area contributed by atoms with Gasteiger partial charge in [-0.1, -0.05) is 12.1 Å². The van der Waals surface area contributed by atoms with Crippen molar-refractivity contribution in [3.63, 3.8) is 0 Å². The first-order valence-electron chi connectivity index (χ1n) is 6.67. The van der Waals surface area contributed by atoms with E-state index < -0.39 is 0 Å². The van der Waals surface area contributed by atoms with Crippen molar-refractivity contribution in [2.75, 3.05) is 6.54 Å². The first kappa shape index (κ1) is 13.6. The molecule has 1 aromatic carbocycles. The molecule has 0 bridgehead atoms. The van der Waals surface area contributed by atoms with Crippen LogP contribution < -0.4 is 10.1 Å². The van der Waals surface area contributed by atoms with Gasteiger partial charge < -0.3 is 15.0 Å². The van der Waals surface area contributed by atoms with Crippen LogP contribution in [0, 0.1) is 0 Å².